The molecule has 0 aromatic heterocycles. The summed E-state index contributed by atoms with van der Waals surface area (Å²) in [5, 5.41) is 0. The SMILES string of the molecule is CC/C=C\C/C=C\C/C=C\C/C=C\CCCCCCCCCCC(=O)OCC(COC(=O)CCCCCCC/C=C\CCCCCC)OC(=O)CCCCCCCCC/C=C\C/C=C\CCCCCC. The van der Waals surface area contributed by atoms with Crippen LogP contribution >= 0.6 is 0 Å². The summed E-state index contributed by atoms with van der Waals surface area (Å²) in [7, 11) is 0. The Morgan fingerprint density at radius 1 is 0.300 bits per heavy atom. The highest BCUT2D eigenvalue weighted by atomic mass is 16.6. The first-order valence-electron chi connectivity index (χ1n) is 29.6. The predicted molar refractivity (Wildman–Crippen MR) is 302 cm³/mol. The van der Waals surface area contributed by atoms with Gasteiger partial charge in [0.05, 0.1) is 0 Å². The van der Waals surface area contributed by atoms with Crippen LogP contribution in [0.4, 0.5) is 0 Å². The maximum atomic E-state index is 12.9. The van der Waals surface area contributed by atoms with E-state index >= 15 is 0 Å². The van der Waals surface area contributed by atoms with Crippen LogP contribution in [0.5, 0.6) is 0 Å². The van der Waals surface area contributed by atoms with Crippen LogP contribution in [0.2, 0.25) is 0 Å². The monoisotopic (exact) mass is 975 g/mol. The summed E-state index contributed by atoms with van der Waals surface area (Å²) in [5.41, 5.74) is 0. The molecule has 6 nitrogen and oxygen atoms in total. The lowest BCUT2D eigenvalue weighted by atomic mass is 10.1. The first-order chi connectivity index (χ1) is 34.5. The zero-order chi connectivity index (χ0) is 50.7. The summed E-state index contributed by atoms with van der Waals surface area (Å²) in [5.74, 6) is -0.903. The van der Waals surface area contributed by atoms with Gasteiger partial charge in [0.25, 0.3) is 0 Å². The van der Waals surface area contributed by atoms with E-state index in [0.29, 0.717) is 19.3 Å². The van der Waals surface area contributed by atoms with Crippen molar-refractivity contribution in [3.8, 4) is 0 Å². The van der Waals surface area contributed by atoms with Crippen LogP contribution in [-0.4, -0.2) is 37.2 Å². The maximum Gasteiger partial charge on any atom is 0.306 e. The third-order valence-corrected chi connectivity index (χ3v) is 12.6. The first-order valence-corrected chi connectivity index (χ1v) is 29.6. The summed E-state index contributed by atoms with van der Waals surface area (Å²) in [6, 6.07) is 0. The van der Waals surface area contributed by atoms with Crippen molar-refractivity contribution in [2.75, 3.05) is 13.2 Å². The van der Waals surface area contributed by atoms with Crippen molar-refractivity contribution >= 4 is 17.9 Å². The van der Waals surface area contributed by atoms with Gasteiger partial charge in [-0.15, -0.1) is 0 Å². The standard InChI is InChI=1S/C64H110O6/c1-4-7-10-13-16-19-22-25-27-29-31-32-33-35-36-39-42-45-48-51-54-57-63(66)69-60-61(59-68-62(65)56-53-50-47-44-41-38-24-21-18-15-12-9-6-3)70-64(67)58-55-52-49-46-43-40-37-34-30-28-26-23-20-17-14-11-8-5-2/h7,10,16,19-21,23-25,27-28,30-32,61H,4-6,8-9,11-15,17-18,22,26,29,33-60H2,1-3H3/b10-7-,19-16-,23-20-,24-21-,27-25-,30-28-,32-31-. The molecule has 0 radical (unpaired) electrons. The van der Waals surface area contributed by atoms with E-state index in [4.69, 9.17) is 14.2 Å². The van der Waals surface area contributed by atoms with Crippen LogP contribution in [-0.2, 0) is 28.6 Å². The Balaban J connectivity index is 4.39. The van der Waals surface area contributed by atoms with Crippen molar-refractivity contribution in [1.82, 2.24) is 0 Å². The summed E-state index contributed by atoms with van der Waals surface area (Å²) < 4.78 is 16.9. The molecule has 0 heterocycles. The van der Waals surface area contributed by atoms with Gasteiger partial charge in [0.2, 0.25) is 0 Å². The number of rotatable bonds is 53. The van der Waals surface area contributed by atoms with E-state index in [1.54, 1.807) is 0 Å². The smallest absolute Gasteiger partial charge is 0.306 e. The third-order valence-electron chi connectivity index (χ3n) is 12.6. The molecule has 0 rings (SSSR count). The molecule has 0 aliphatic heterocycles. The molecule has 0 saturated carbocycles. The van der Waals surface area contributed by atoms with Crippen molar-refractivity contribution < 1.29 is 28.6 Å². The predicted octanol–water partition coefficient (Wildman–Crippen LogP) is 19.9. The number of allylic oxidation sites excluding steroid dienone is 14. The van der Waals surface area contributed by atoms with Gasteiger partial charge < -0.3 is 14.2 Å². The number of unbranched alkanes of at least 4 members (excludes halogenated alkanes) is 28. The van der Waals surface area contributed by atoms with Gasteiger partial charge in [-0.05, 0) is 116 Å². The van der Waals surface area contributed by atoms with Crippen molar-refractivity contribution in [2.45, 2.75) is 290 Å². The molecule has 0 saturated heterocycles. The van der Waals surface area contributed by atoms with Crippen LogP contribution in [0.3, 0.4) is 0 Å². The lowest BCUT2D eigenvalue weighted by Crippen LogP contribution is -2.30. The lowest BCUT2D eigenvalue weighted by Gasteiger charge is -2.18. The molecule has 0 aromatic carbocycles. The van der Waals surface area contributed by atoms with Gasteiger partial charge in [0.15, 0.2) is 6.10 Å². The van der Waals surface area contributed by atoms with Crippen LogP contribution in [0, 0.1) is 0 Å². The Morgan fingerprint density at radius 2 is 0.557 bits per heavy atom. The molecule has 0 aliphatic rings. The van der Waals surface area contributed by atoms with Crippen molar-refractivity contribution in [3.05, 3.63) is 85.1 Å². The van der Waals surface area contributed by atoms with Crippen LogP contribution in [0.15, 0.2) is 85.1 Å². The van der Waals surface area contributed by atoms with Gasteiger partial charge in [0.1, 0.15) is 13.2 Å². The fraction of sp³-hybridized carbons (Fsp3) is 0.734. The Morgan fingerprint density at radius 3 is 0.886 bits per heavy atom. The fourth-order valence-electron chi connectivity index (χ4n) is 8.16. The van der Waals surface area contributed by atoms with Gasteiger partial charge in [-0.2, -0.15) is 0 Å². The highest BCUT2D eigenvalue weighted by Gasteiger charge is 2.19. The molecule has 1 unspecified atom stereocenters. The van der Waals surface area contributed by atoms with E-state index in [1.165, 1.54) is 135 Å². The number of carbonyl (C=O) groups is 3. The summed E-state index contributed by atoms with van der Waals surface area (Å²) in [4.78, 5) is 38.2. The van der Waals surface area contributed by atoms with Gasteiger partial charge in [-0.1, -0.05) is 234 Å². The largest absolute Gasteiger partial charge is 0.462 e. The van der Waals surface area contributed by atoms with E-state index < -0.39 is 6.10 Å². The first kappa shape index (κ1) is 66.6. The second-order valence-corrected chi connectivity index (χ2v) is 19.5. The molecular formula is C64H110O6. The molecule has 0 spiro atoms. The number of hydrogen-bond donors (Lipinski definition) is 0. The van der Waals surface area contributed by atoms with Gasteiger partial charge >= 0.3 is 17.9 Å². The van der Waals surface area contributed by atoms with E-state index in [0.717, 1.165) is 109 Å². The number of ether oxygens (including phenoxy) is 3. The molecular weight excluding hydrogens is 865 g/mol. The third kappa shape index (κ3) is 55.5. The Bertz CT molecular complexity index is 1350. The lowest BCUT2D eigenvalue weighted by molar-refractivity contribution is -0.167. The Hall–Kier alpha value is -3.41. The minimum Gasteiger partial charge on any atom is -0.462 e. The number of carbonyl (C=O) groups excluding carboxylic acids is 3. The highest BCUT2D eigenvalue weighted by Crippen LogP contribution is 2.15. The zero-order valence-corrected chi connectivity index (χ0v) is 46.0. The molecule has 402 valence electrons. The quantitative estimate of drug-likeness (QED) is 0.0261. The molecule has 6 heteroatoms. The minimum absolute atomic E-state index is 0.0862. The highest BCUT2D eigenvalue weighted by molar-refractivity contribution is 5.71. The molecule has 0 N–H and O–H groups in total. The maximum absolute atomic E-state index is 12.9. The second-order valence-electron chi connectivity index (χ2n) is 19.5. The van der Waals surface area contributed by atoms with Gasteiger partial charge in [-0.25, -0.2) is 0 Å². The van der Waals surface area contributed by atoms with Crippen LogP contribution in [0.1, 0.15) is 284 Å². The van der Waals surface area contributed by atoms with E-state index in [-0.39, 0.29) is 31.1 Å². The average molecular weight is 976 g/mol. The average Bonchev–Trinajstić information content (AvgIpc) is 3.36. The minimum atomic E-state index is -0.788. The zero-order valence-electron chi connectivity index (χ0n) is 46.0. The molecule has 0 aromatic rings. The van der Waals surface area contributed by atoms with Crippen LogP contribution in [0.25, 0.3) is 0 Å². The molecule has 0 amide bonds. The van der Waals surface area contributed by atoms with Crippen molar-refractivity contribution in [2.24, 2.45) is 0 Å². The van der Waals surface area contributed by atoms with E-state index in [2.05, 4.69) is 106 Å². The molecule has 70 heavy (non-hydrogen) atoms. The Kier molecular flexibility index (Phi) is 55.3. The summed E-state index contributed by atoms with van der Waals surface area (Å²) in [6.07, 6.45) is 75.7. The fourth-order valence-corrected chi connectivity index (χ4v) is 8.16. The summed E-state index contributed by atoms with van der Waals surface area (Å²) in [6.45, 7) is 6.49. The molecule has 0 fully saturated rings. The van der Waals surface area contributed by atoms with Crippen molar-refractivity contribution in [3.63, 3.8) is 0 Å². The number of hydrogen-bond acceptors (Lipinski definition) is 6. The topological polar surface area (TPSA) is 78.9 Å². The number of esters is 3. The summed E-state index contributed by atoms with van der Waals surface area (Å²) >= 11 is 0. The molecule has 1 atom stereocenters. The Labute approximate surface area is 433 Å². The van der Waals surface area contributed by atoms with Gasteiger partial charge in [0, 0.05) is 19.3 Å². The van der Waals surface area contributed by atoms with E-state index in [9.17, 15) is 14.4 Å². The normalized spacial score (nSPS) is 12.7. The van der Waals surface area contributed by atoms with Gasteiger partial charge in [-0.3, -0.25) is 14.4 Å². The van der Waals surface area contributed by atoms with E-state index in [1.807, 2.05) is 0 Å². The van der Waals surface area contributed by atoms with Crippen LogP contribution < -0.4 is 0 Å². The second kappa shape index (κ2) is 58.2. The van der Waals surface area contributed by atoms with Crippen molar-refractivity contribution in [1.29, 1.82) is 0 Å². The molecule has 0 aliphatic carbocycles. The molecule has 0 bridgehead atoms.